The second-order valence-electron chi connectivity index (χ2n) is 5.06. The lowest BCUT2D eigenvalue weighted by molar-refractivity contribution is 0.433. The van der Waals surface area contributed by atoms with Crippen LogP contribution in [-0.2, 0) is 0 Å². The molecule has 0 saturated heterocycles. The summed E-state index contributed by atoms with van der Waals surface area (Å²) in [5.74, 6) is 0.603. The summed E-state index contributed by atoms with van der Waals surface area (Å²) in [4.78, 5) is 0. The van der Waals surface area contributed by atoms with Gasteiger partial charge in [0, 0.05) is 11.6 Å². The van der Waals surface area contributed by atoms with Crippen LogP contribution in [-0.4, -0.2) is 6.54 Å². The number of nitrogens with one attached hydrogen (secondary N) is 1. The van der Waals surface area contributed by atoms with E-state index < -0.39 is 0 Å². The molecule has 1 unspecified atom stereocenters. The van der Waals surface area contributed by atoms with Crippen molar-refractivity contribution in [3.05, 3.63) is 35.1 Å². The molecule has 0 saturated carbocycles. The van der Waals surface area contributed by atoms with Crippen LogP contribution >= 0.6 is 0 Å². The van der Waals surface area contributed by atoms with Crippen LogP contribution in [0.2, 0.25) is 0 Å². The first-order valence-corrected chi connectivity index (χ1v) is 6.54. The van der Waals surface area contributed by atoms with E-state index in [9.17, 15) is 4.39 Å². The van der Waals surface area contributed by atoms with Crippen molar-refractivity contribution in [2.75, 3.05) is 6.54 Å². The van der Waals surface area contributed by atoms with E-state index in [0.717, 1.165) is 30.5 Å². The highest BCUT2D eigenvalue weighted by atomic mass is 19.1. The topological polar surface area (TPSA) is 12.0 Å². The van der Waals surface area contributed by atoms with E-state index in [0.29, 0.717) is 5.92 Å². The Balaban J connectivity index is 2.85. The van der Waals surface area contributed by atoms with Crippen LogP contribution < -0.4 is 5.32 Å². The quantitative estimate of drug-likeness (QED) is 0.781. The summed E-state index contributed by atoms with van der Waals surface area (Å²) in [6, 6.07) is 5.80. The Morgan fingerprint density at radius 3 is 2.53 bits per heavy atom. The van der Waals surface area contributed by atoms with Gasteiger partial charge in [0.15, 0.2) is 0 Å². The molecule has 0 aliphatic heterocycles. The molecule has 17 heavy (non-hydrogen) atoms. The van der Waals surface area contributed by atoms with Gasteiger partial charge in [-0.05, 0) is 37.8 Å². The van der Waals surface area contributed by atoms with Crippen LogP contribution in [0.1, 0.15) is 50.8 Å². The Kier molecular flexibility index (Phi) is 5.63. The third kappa shape index (κ3) is 4.12. The van der Waals surface area contributed by atoms with Crippen molar-refractivity contribution in [3.63, 3.8) is 0 Å². The van der Waals surface area contributed by atoms with Gasteiger partial charge < -0.3 is 5.32 Å². The molecule has 0 aliphatic rings. The van der Waals surface area contributed by atoms with Crippen LogP contribution in [0.5, 0.6) is 0 Å². The van der Waals surface area contributed by atoms with E-state index in [1.165, 1.54) is 0 Å². The first kappa shape index (κ1) is 14.2. The Morgan fingerprint density at radius 1 is 1.24 bits per heavy atom. The number of halogens is 1. The smallest absolute Gasteiger partial charge is 0.130 e. The van der Waals surface area contributed by atoms with Crippen molar-refractivity contribution < 1.29 is 4.39 Å². The maximum atomic E-state index is 14.1. The molecule has 0 fully saturated rings. The highest BCUT2D eigenvalue weighted by Crippen LogP contribution is 2.24. The number of hydrogen-bond donors (Lipinski definition) is 1. The number of rotatable bonds is 6. The molecule has 0 aromatic heterocycles. The van der Waals surface area contributed by atoms with Gasteiger partial charge in [-0.15, -0.1) is 0 Å². The Morgan fingerprint density at radius 2 is 1.94 bits per heavy atom. The van der Waals surface area contributed by atoms with Gasteiger partial charge in [0.1, 0.15) is 5.82 Å². The van der Waals surface area contributed by atoms with E-state index in [4.69, 9.17) is 0 Å². The van der Waals surface area contributed by atoms with Gasteiger partial charge in [-0.3, -0.25) is 0 Å². The molecule has 1 nitrogen and oxygen atoms in total. The molecule has 1 rings (SSSR count). The zero-order chi connectivity index (χ0) is 12.8. The molecule has 0 bridgehead atoms. The SMILES string of the molecule is CCNC(CCC(C)C)c1cccc(C)c1F. The summed E-state index contributed by atoms with van der Waals surface area (Å²) in [7, 11) is 0. The van der Waals surface area contributed by atoms with Gasteiger partial charge in [-0.1, -0.05) is 39.0 Å². The second-order valence-corrected chi connectivity index (χ2v) is 5.06. The molecule has 1 atom stereocenters. The van der Waals surface area contributed by atoms with Crippen LogP contribution in [0.25, 0.3) is 0 Å². The van der Waals surface area contributed by atoms with Crippen LogP contribution in [0, 0.1) is 18.7 Å². The van der Waals surface area contributed by atoms with E-state index in [2.05, 4.69) is 26.1 Å². The van der Waals surface area contributed by atoms with Crippen molar-refractivity contribution >= 4 is 0 Å². The molecular weight excluding hydrogens is 213 g/mol. The molecule has 0 radical (unpaired) electrons. The zero-order valence-corrected chi connectivity index (χ0v) is 11.4. The fraction of sp³-hybridized carbons (Fsp3) is 0.600. The van der Waals surface area contributed by atoms with Gasteiger partial charge in [0.25, 0.3) is 0 Å². The Hall–Kier alpha value is -0.890. The summed E-state index contributed by atoms with van der Waals surface area (Å²) in [5.41, 5.74) is 1.54. The molecule has 1 N–H and O–H groups in total. The first-order chi connectivity index (χ1) is 8.06. The van der Waals surface area contributed by atoms with E-state index in [1.807, 2.05) is 25.1 Å². The van der Waals surface area contributed by atoms with Gasteiger partial charge >= 0.3 is 0 Å². The largest absolute Gasteiger partial charge is 0.310 e. The van der Waals surface area contributed by atoms with Crippen molar-refractivity contribution in [2.24, 2.45) is 5.92 Å². The van der Waals surface area contributed by atoms with Gasteiger partial charge in [0.2, 0.25) is 0 Å². The predicted octanol–water partition coefficient (Wildman–Crippen LogP) is 4.22. The number of aryl methyl sites for hydroxylation is 1. The molecule has 0 aliphatic carbocycles. The Bertz CT molecular complexity index is 347. The van der Waals surface area contributed by atoms with Crippen LogP contribution in [0.4, 0.5) is 4.39 Å². The molecule has 0 spiro atoms. The molecule has 2 heteroatoms. The predicted molar refractivity (Wildman–Crippen MR) is 71.6 cm³/mol. The monoisotopic (exact) mass is 237 g/mol. The van der Waals surface area contributed by atoms with Gasteiger partial charge in [0.05, 0.1) is 0 Å². The van der Waals surface area contributed by atoms with Crippen molar-refractivity contribution in [3.8, 4) is 0 Å². The highest BCUT2D eigenvalue weighted by molar-refractivity contribution is 5.27. The lowest BCUT2D eigenvalue weighted by atomic mass is 9.96. The minimum Gasteiger partial charge on any atom is -0.310 e. The van der Waals surface area contributed by atoms with E-state index in [1.54, 1.807) is 0 Å². The van der Waals surface area contributed by atoms with E-state index >= 15 is 0 Å². The molecule has 96 valence electrons. The van der Waals surface area contributed by atoms with E-state index in [-0.39, 0.29) is 11.9 Å². The molecule has 0 amide bonds. The average molecular weight is 237 g/mol. The van der Waals surface area contributed by atoms with Crippen LogP contribution in [0.15, 0.2) is 18.2 Å². The van der Waals surface area contributed by atoms with Crippen molar-refractivity contribution in [1.82, 2.24) is 5.32 Å². The maximum absolute atomic E-state index is 14.1. The molecule has 0 heterocycles. The third-order valence-electron chi connectivity index (χ3n) is 3.08. The summed E-state index contributed by atoms with van der Waals surface area (Å²) in [6.45, 7) is 9.17. The van der Waals surface area contributed by atoms with Crippen molar-refractivity contribution in [2.45, 2.75) is 46.6 Å². The molecular formula is C15H24FN. The molecule has 1 aromatic rings. The summed E-state index contributed by atoms with van der Waals surface area (Å²) in [6.07, 6.45) is 2.11. The fourth-order valence-electron chi connectivity index (χ4n) is 2.05. The normalized spacial score (nSPS) is 13.1. The van der Waals surface area contributed by atoms with Crippen LogP contribution in [0.3, 0.4) is 0 Å². The summed E-state index contributed by atoms with van der Waals surface area (Å²) in [5, 5.41) is 3.38. The minimum absolute atomic E-state index is 0.0535. The minimum atomic E-state index is -0.0535. The second kappa shape index (κ2) is 6.75. The summed E-state index contributed by atoms with van der Waals surface area (Å²) >= 11 is 0. The van der Waals surface area contributed by atoms with Crippen molar-refractivity contribution in [1.29, 1.82) is 0 Å². The Labute approximate surface area is 104 Å². The highest BCUT2D eigenvalue weighted by Gasteiger charge is 2.16. The lowest BCUT2D eigenvalue weighted by Gasteiger charge is -2.20. The lowest BCUT2D eigenvalue weighted by Crippen LogP contribution is -2.22. The first-order valence-electron chi connectivity index (χ1n) is 6.54. The fourth-order valence-corrected chi connectivity index (χ4v) is 2.05. The zero-order valence-electron chi connectivity index (χ0n) is 11.4. The maximum Gasteiger partial charge on any atom is 0.130 e. The standard InChI is InChI=1S/C15H24FN/c1-5-17-14(10-9-11(2)3)13-8-6-7-12(4)15(13)16/h6-8,11,14,17H,5,9-10H2,1-4H3. The number of benzene rings is 1. The third-order valence-corrected chi connectivity index (χ3v) is 3.08. The summed E-state index contributed by atoms with van der Waals surface area (Å²) < 4.78 is 14.1. The number of hydrogen-bond acceptors (Lipinski definition) is 1. The average Bonchev–Trinajstić information content (AvgIpc) is 2.28. The molecule has 1 aromatic carbocycles. The van der Waals surface area contributed by atoms with Gasteiger partial charge in [-0.25, -0.2) is 4.39 Å². The van der Waals surface area contributed by atoms with Gasteiger partial charge in [-0.2, -0.15) is 0 Å².